The molecule has 0 saturated carbocycles. The van der Waals surface area contributed by atoms with Crippen LogP contribution in [0.5, 0.6) is 0 Å². The summed E-state index contributed by atoms with van der Waals surface area (Å²) in [6.45, 7) is 5.76. The largest absolute Gasteiger partial charge is 0.389 e. The maximum Gasteiger partial charge on any atom is 0.0746 e. The van der Waals surface area contributed by atoms with Crippen LogP contribution in [-0.4, -0.2) is 28.2 Å². The van der Waals surface area contributed by atoms with Crippen LogP contribution in [0.25, 0.3) is 0 Å². The van der Waals surface area contributed by atoms with Gasteiger partial charge in [-0.2, -0.15) is 0 Å². The Balaban J connectivity index is 2.05. The van der Waals surface area contributed by atoms with Crippen LogP contribution in [0.2, 0.25) is 5.02 Å². The second-order valence-corrected chi connectivity index (χ2v) is 5.85. The Hall–Kier alpha value is -0.570. The first-order chi connectivity index (χ1) is 7.97. The lowest BCUT2D eigenvalue weighted by molar-refractivity contribution is -0.00501. The molecule has 2 nitrogen and oxygen atoms in total. The standard InChI is InChI=1S/C14H20ClNO/c1-14(2,17)13-4-3-9-16(13)10-11-5-7-12(15)8-6-11/h5-8,13,17H,3-4,9-10H2,1-2H3. The minimum atomic E-state index is -0.622. The van der Waals surface area contributed by atoms with E-state index in [-0.39, 0.29) is 6.04 Å². The van der Waals surface area contributed by atoms with Crippen molar-refractivity contribution in [3.63, 3.8) is 0 Å². The van der Waals surface area contributed by atoms with Crippen molar-refractivity contribution < 1.29 is 5.11 Å². The third-order valence-electron chi connectivity index (χ3n) is 3.48. The Labute approximate surface area is 108 Å². The Morgan fingerprint density at radius 1 is 1.35 bits per heavy atom. The molecule has 1 unspecified atom stereocenters. The van der Waals surface area contributed by atoms with E-state index in [2.05, 4.69) is 17.0 Å². The van der Waals surface area contributed by atoms with Gasteiger partial charge < -0.3 is 5.11 Å². The Morgan fingerprint density at radius 2 is 2.00 bits per heavy atom. The number of nitrogens with zero attached hydrogens (tertiary/aromatic N) is 1. The van der Waals surface area contributed by atoms with Gasteiger partial charge in [-0.3, -0.25) is 4.90 Å². The molecule has 0 aromatic heterocycles. The predicted molar refractivity (Wildman–Crippen MR) is 71.2 cm³/mol. The highest BCUT2D eigenvalue weighted by atomic mass is 35.5. The molecule has 1 atom stereocenters. The third kappa shape index (κ3) is 3.21. The van der Waals surface area contributed by atoms with E-state index in [1.807, 2.05) is 26.0 Å². The van der Waals surface area contributed by atoms with E-state index in [0.29, 0.717) is 0 Å². The molecule has 0 aliphatic carbocycles. The first kappa shape index (κ1) is 12.9. The molecule has 0 spiro atoms. The van der Waals surface area contributed by atoms with Gasteiger partial charge in [-0.1, -0.05) is 23.7 Å². The van der Waals surface area contributed by atoms with Gasteiger partial charge in [-0.15, -0.1) is 0 Å². The molecule has 1 aliphatic heterocycles. The third-order valence-corrected chi connectivity index (χ3v) is 3.73. The molecule has 2 rings (SSSR count). The van der Waals surface area contributed by atoms with Gasteiger partial charge >= 0.3 is 0 Å². The Morgan fingerprint density at radius 3 is 2.59 bits per heavy atom. The summed E-state index contributed by atoms with van der Waals surface area (Å²) in [4.78, 5) is 2.36. The Kier molecular flexibility index (Phi) is 3.76. The van der Waals surface area contributed by atoms with Gasteiger partial charge in [0.1, 0.15) is 0 Å². The molecule has 1 aliphatic rings. The first-order valence-corrected chi connectivity index (χ1v) is 6.55. The molecule has 1 aromatic rings. The summed E-state index contributed by atoms with van der Waals surface area (Å²) in [5.41, 5.74) is 0.633. The second kappa shape index (κ2) is 4.97. The van der Waals surface area contributed by atoms with Gasteiger partial charge in [-0.25, -0.2) is 0 Å². The van der Waals surface area contributed by atoms with Crippen molar-refractivity contribution >= 4 is 11.6 Å². The molecule has 1 N–H and O–H groups in total. The van der Waals surface area contributed by atoms with Crippen molar-refractivity contribution in [1.29, 1.82) is 0 Å². The van der Waals surface area contributed by atoms with Gasteiger partial charge in [0.05, 0.1) is 5.60 Å². The van der Waals surface area contributed by atoms with Crippen molar-refractivity contribution in [2.75, 3.05) is 6.54 Å². The number of halogens is 1. The average Bonchev–Trinajstić information content (AvgIpc) is 2.69. The molecule has 3 heteroatoms. The molecule has 1 heterocycles. The number of benzene rings is 1. The minimum absolute atomic E-state index is 0.262. The minimum Gasteiger partial charge on any atom is -0.389 e. The number of likely N-dealkylation sites (tertiary alicyclic amines) is 1. The molecule has 1 aromatic carbocycles. The van der Waals surface area contributed by atoms with Crippen LogP contribution >= 0.6 is 11.6 Å². The molecular weight excluding hydrogens is 234 g/mol. The number of hydrogen-bond donors (Lipinski definition) is 1. The summed E-state index contributed by atoms with van der Waals surface area (Å²) in [5.74, 6) is 0. The number of aliphatic hydroxyl groups is 1. The zero-order valence-corrected chi connectivity index (χ0v) is 11.2. The highest BCUT2D eigenvalue weighted by Gasteiger charge is 2.35. The van der Waals surface area contributed by atoms with Crippen molar-refractivity contribution in [3.8, 4) is 0 Å². The van der Waals surface area contributed by atoms with E-state index in [4.69, 9.17) is 11.6 Å². The summed E-state index contributed by atoms with van der Waals surface area (Å²) >= 11 is 5.88. The van der Waals surface area contributed by atoms with E-state index >= 15 is 0 Å². The Bertz CT molecular complexity index is 369. The lowest BCUT2D eigenvalue weighted by atomic mass is 9.96. The van der Waals surface area contributed by atoms with Crippen LogP contribution in [0.4, 0.5) is 0 Å². The highest BCUT2D eigenvalue weighted by molar-refractivity contribution is 6.30. The SMILES string of the molecule is CC(C)(O)C1CCCN1Cc1ccc(Cl)cc1. The summed E-state index contributed by atoms with van der Waals surface area (Å²) in [7, 11) is 0. The summed E-state index contributed by atoms with van der Waals surface area (Å²) in [5, 5.41) is 10.9. The van der Waals surface area contributed by atoms with E-state index in [0.717, 1.165) is 24.5 Å². The fraction of sp³-hybridized carbons (Fsp3) is 0.571. The van der Waals surface area contributed by atoms with Gasteiger partial charge in [0.2, 0.25) is 0 Å². The molecule has 0 amide bonds. The van der Waals surface area contributed by atoms with E-state index in [1.165, 1.54) is 12.0 Å². The molecule has 17 heavy (non-hydrogen) atoms. The normalized spacial score (nSPS) is 22.0. The lowest BCUT2D eigenvalue weighted by Crippen LogP contribution is -2.45. The topological polar surface area (TPSA) is 23.5 Å². The van der Waals surface area contributed by atoms with Crippen LogP contribution in [0.1, 0.15) is 32.3 Å². The lowest BCUT2D eigenvalue weighted by Gasteiger charge is -2.33. The van der Waals surface area contributed by atoms with Gasteiger partial charge in [0.25, 0.3) is 0 Å². The maximum atomic E-state index is 10.1. The van der Waals surface area contributed by atoms with Crippen LogP contribution < -0.4 is 0 Å². The molecule has 1 saturated heterocycles. The first-order valence-electron chi connectivity index (χ1n) is 6.18. The predicted octanol–water partition coefficient (Wildman–Crippen LogP) is 3.08. The van der Waals surface area contributed by atoms with Crippen LogP contribution in [-0.2, 0) is 6.54 Å². The van der Waals surface area contributed by atoms with E-state index in [9.17, 15) is 5.11 Å². The number of rotatable bonds is 3. The van der Waals surface area contributed by atoms with E-state index < -0.39 is 5.60 Å². The summed E-state index contributed by atoms with van der Waals surface area (Å²) < 4.78 is 0. The summed E-state index contributed by atoms with van der Waals surface area (Å²) in [6.07, 6.45) is 2.25. The molecule has 1 fully saturated rings. The van der Waals surface area contributed by atoms with Gasteiger partial charge in [0, 0.05) is 17.6 Å². The zero-order chi connectivity index (χ0) is 12.5. The monoisotopic (exact) mass is 253 g/mol. The van der Waals surface area contributed by atoms with Crippen LogP contribution in [0.15, 0.2) is 24.3 Å². The maximum absolute atomic E-state index is 10.1. The average molecular weight is 254 g/mol. The molecule has 94 valence electrons. The fourth-order valence-electron chi connectivity index (χ4n) is 2.64. The number of hydrogen-bond acceptors (Lipinski definition) is 2. The fourth-order valence-corrected chi connectivity index (χ4v) is 2.77. The molecule has 0 radical (unpaired) electrons. The van der Waals surface area contributed by atoms with Crippen LogP contribution in [0.3, 0.4) is 0 Å². The second-order valence-electron chi connectivity index (χ2n) is 5.41. The quantitative estimate of drug-likeness (QED) is 0.895. The van der Waals surface area contributed by atoms with Crippen molar-refractivity contribution in [2.45, 2.75) is 44.9 Å². The van der Waals surface area contributed by atoms with E-state index in [1.54, 1.807) is 0 Å². The molecular formula is C14H20ClNO. The van der Waals surface area contributed by atoms with Crippen LogP contribution in [0, 0.1) is 0 Å². The van der Waals surface area contributed by atoms with Crippen molar-refractivity contribution in [2.24, 2.45) is 0 Å². The van der Waals surface area contributed by atoms with Crippen molar-refractivity contribution in [3.05, 3.63) is 34.9 Å². The smallest absolute Gasteiger partial charge is 0.0746 e. The van der Waals surface area contributed by atoms with Crippen molar-refractivity contribution in [1.82, 2.24) is 4.90 Å². The van der Waals surface area contributed by atoms with Gasteiger partial charge in [0.15, 0.2) is 0 Å². The highest BCUT2D eigenvalue weighted by Crippen LogP contribution is 2.28. The van der Waals surface area contributed by atoms with Gasteiger partial charge in [-0.05, 0) is 50.9 Å². The molecule has 0 bridgehead atoms. The zero-order valence-electron chi connectivity index (χ0n) is 10.5. The summed E-state index contributed by atoms with van der Waals surface area (Å²) in [6, 6.07) is 8.22.